The molecule has 0 unspecified atom stereocenters. The van der Waals surface area contributed by atoms with Gasteiger partial charge < -0.3 is 15.5 Å². The molecule has 2 aromatic rings. The summed E-state index contributed by atoms with van der Waals surface area (Å²) < 4.78 is 26.8. The van der Waals surface area contributed by atoms with Gasteiger partial charge in [-0.25, -0.2) is 13.6 Å². The molecular weight excluding hydrogens is 438 g/mol. The molecule has 1 aliphatic heterocycles. The van der Waals surface area contributed by atoms with Crippen molar-refractivity contribution in [3.05, 3.63) is 71.8 Å². The van der Waals surface area contributed by atoms with Crippen molar-refractivity contribution < 1.29 is 18.4 Å². The minimum Gasteiger partial charge on any atom is -0.329 e. The van der Waals surface area contributed by atoms with Crippen LogP contribution in [0.5, 0.6) is 0 Å². The van der Waals surface area contributed by atoms with Gasteiger partial charge in [0.2, 0.25) is 5.91 Å². The first-order chi connectivity index (χ1) is 16.0. The van der Waals surface area contributed by atoms with Crippen LogP contribution in [0.4, 0.5) is 19.3 Å². The van der Waals surface area contributed by atoms with Gasteiger partial charge in [-0.1, -0.05) is 30.4 Å². The van der Waals surface area contributed by atoms with E-state index in [0.29, 0.717) is 32.6 Å². The van der Waals surface area contributed by atoms with Gasteiger partial charge in [-0.3, -0.25) is 9.69 Å². The van der Waals surface area contributed by atoms with Crippen LogP contribution >= 0.6 is 0 Å². The van der Waals surface area contributed by atoms with Gasteiger partial charge in [0, 0.05) is 32.2 Å². The van der Waals surface area contributed by atoms with E-state index in [1.54, 1.807) is 4.90 Å². The number of nitrogens with zero attached hydrogens (tertiary/aromatic N) is 2. The predicted octanol–water partition coefficient (Wildman–Crippen LogP) is 4.59. The second kappa shape index (κ2) is 10.8. The minimum absolute atomic E-state index is 0.0554. The van der Waals surface area contributed by atoms with Crippen molar-refractivity contribution in [3.63, 3.8) is 0 Å². The molecule has 0 spiro atoms. The number of anilines is 1. The first kappa shape index (κ1) is 25.4. The van der Waals surface area contributed by atoms with E-state index in [4.69, 9.17) is 0 Å². The van der Waals surface area contributed by atoms with E-state index in [2.05, 4.69) is 17.2 Å². The lowest BCUT2D eigenvalue weighted by molar-refractivity contribution is -0.117. The highest BCUT2D eigenvalue weighted by Crippen LogP contribution is 2.24. The van der Waals surface area contributed by atoms with Gasteiger partial charge in [0.1, 0.15) is 11.6 Å². The fourth-order valence-electron chi connectivity index (χ4n) is 3.91. The number of carbonyl (C=O) groups excluding carboxylic acids is 2. The molecule has 0 bridgehead atoms. The van der Waals surface area contributed by atoms with Crippen LogP contribution < -0.4 is 10.6 Å². The number of urea groups is 1. The molecule has 0 saturated carbocycles. The van der Waals surface area contributed by atoms with E-state index >= 15 is 0 Å². The van der Waals surface area contributed by atoms with Crippen molar-refractivity contribution in [3.8, 4) is 0 Å². The highest BCUT2D eigenvalue weighted by atomic mass is 19.1. The van der Waals surface area contributed by atoms with E-state index in [1.165, 1.54) is 6.07 Å². The lowest BCUT2D eigenvalue weighted by atomic mass is 9.92. The van der Waals surface area contributed by atoms with E-state index < -0.39 is 17.2 Å². The number of hydrogen-bond donors (Lipinski definition) is 2. The second-order valence-electron chi connectivity index (χ2n) is 9.21. The number of nitrogens with one attached hydrogen (secondary N) is 2. The fraction of sp³-hybridized carbons (Fsp3) is 0.385. The largest absolute Gasteiger partial charge is 0.329 e. The number of allylic oxidation sites excluding steroid dienone is 1. The molecule has 34 heavy (non-hydrogen) atoms. The van der Waals surface area contributed by atoms with Gasteiger partial charge in [-0.15, -0.1) is 0 Å². The second-order valence-corrected chi connectivity index (χ2v) is 9.21. The molecule has 2 N–H and O–H groups in total. The number of rotatable bonds is 6. The van der Waals surface area contributed by atoms with Crippen LogP contribution in [0.2, 0.25) is 0 Å². The predicted molar refractivity (Wildman–Crippen MR) is 130 cm³/mol. The zero-order chi connectivity index (χ0) is 24.9. The first-order valence-corrected chi connectivity index (χ1v) is 11.4. The van der Waals surface area contributed by atoms with E-state index in [0.717, 1.165) is 28.8 Å². The third-order valence-corrected chi connectivity index (χ3v) is 5.94. The molecule has 6 nitrogen and oxygen atoms in total. The van der Waals surface area contributed by atoms with Gasteiger partial charge in [0.25, 0.3) is 0 Å². The van der Waals surface area contributed by atoms with Crippen molar-refractivity contribution in [1.29, 1.82) is 0 Å². The van der Waals surface area contributed by atoms with Gasteiger partial charge in [-0.2, -0.15) is 0 Å². The first-order valence-electron chi connectivity index (χ1n) is 11.4. The van der Waals surface area contributed by atoms with Crippen LogP contribution in [0.15, 0.2) is 49.0 Å². The van der Waals surface area contributed by atoms with Gasteiger partial charge in [0.15, 0.2) is 0 Å². The Kier molecular flexibility index (Phi) is 8.04. The maximum atomic E-state index is 13.8. The van der Waals surface area contributed by atoms with Crippen molar-refractivity contribution in [1.82, 2.24) is 15.1 Å². The van der Waals surface area contributed by atoms with Crippen molar-refractivity contribution in [2.24, 2.45) is 0 Å². The number of carbonyl (C=O) groups is 2. The summed E-state index contributed by atoms with van der Waals surface area (Å²) in [4.78, 5) is 29.0. The van der Waals surface area contributed by atoms with E-state index in [1.807, 2.05) is 49.9 Å². The highest BCUT2D eigenvalue weighted by Gasteiger charge is 2.27. The molecule has 182 valence electrons. The maximum absolute atomic E-state index is 13.8. The average Bonchev–Trinajstić information content (AvgIpc) is 3.01. The molecule has 8 heteroatoms. The Bertz CT molecular complexity index is 1070. The normalized spacial score (nSPS) is 14.9. The molecule has 2 aromatic carbocycles. The zero-order valence-electron chi connectivity index (χ0n) is 20.0. The SMILES string of the molecule is C=C(C)c1cccc(C(C)(C)NC(=O)N2CCCN(CC(=O)Nc3ccc(F)cc3F)CC2)c1. The molecule has 1 fully saturated rings. The molecule has 3 amide bonds. The third kappa shape index (κ3) is 6.63. The number of amides is 3. The van der Waals surface area contributed by atoms with Crippen LogP contribution in [0.25, 0.3) is 5.57 Å². The maximum Gasteiger partial charge on any atom is 0.318 e. The van der Waals surface area contributed by atoms with Gasteiger partial charge >= 0.3 is 6.03 Å². The van der Waals surface area contributed by atoms with Crippen molar-refractivity contribution in [2.45, 2.75) is 32.7 Å². The summed E-state index contributed by atoms with van der Waals surface area (Å²) in [6.07, 6.45) is 0.706. The molecular formula is C26H32F2N4O2. The Morgan fingerprint density at radius 2 is 1.82 bits per heavy atom. The van der Waals surface area contributed by atoms with Crippen molar-refractivity contribution in [2.75, 3.05) is 38.0 Å². The van der Waals surface area contributed by atoms with Gasteiger partial charge in [0.05, 0.1) is 17.8 Å². The number of benzene rings is 2. The smallest absolute Gasteiger partial charge is 0.318 e. The Morgan fingerprint density at radius 1 is 1.06 bits per heavy atom. The lowest BCUT2D eigenvalue weighted by Crippen LogP contribution is -2.49. The summed E-state index contributed by atoms with van der Waals surface area (Å²) in [5.41, 5.74) is 2.35. The topological polar surface area (TPSA) is 64.7 Å². The molecule has 1 aliphatic rings. The summed E-state index contributed by atoms with van der Waals surface area (Å²) in [7, 11) is 0. The summed E-state index contributed by atoms with van der Waals surface area (Å²) in [5.74, 6) is -1.90. The molecule has 0 radical (unpaired) electrons. The molecule has 0 aliphatic carbocycles. The fourth-order valence-corrected chi connectivity index (χ4v) is 3.91. The summed E-state index contributed by atoms with van der Waals surface area (Å²) in [6.45, 7) is 12.1. The zero-order valence-corrected chi connectivity index (χ0v) is 20.0. The molecule has 1 saturated heterocycles. The Balaban J connectivity index is 1.55. The van der Waals surface area contributed by atoms with Crippen LogP contribution in [-0.2, 0) is 10.3 Å². The Morgan fingerprint density at radius 3 is 2.53 bits per heavy atom. The lowest BCUT2D eigenvalue weighted by Gasteiger charge is -2.31. The monoisotopic (exact) mass is 470 g/mol. The van der Waals surface area contributed by atoms with Crippen LogP contribution in [0.3, 0.4) is 0 Å². The minimum atomic E-state index is -0.816. The standard InChI is InChI=1S/C26H32F2N4O2/c1-18(2)19-7-5-8-20(15-19)26(3,4)30-25(34)32-12-6-11-31(13-14-32)17-24(33)29-23-10-9-21(27)16-22(23)28/h5,7-10,15-16H,1,6,11-14,17H2,2-4H3,(H,29,33)(H,30,34). The number of halogens is 2. The van der Waals surface area contributed by atoms with Crippen LogP contribution in [-0.4, -0.2) is 54.5 Å². The third-order valence-electron chi connectivity index (χ3n) is 5.94. The quantitative estimate of drug-likeness (QED) is 0.649. The summed E-state index contributed by atoms with van der Waals surface area (Å²) >= 11 is 0. The Hall–Kier alpha value is -3.26. The highest BCUT2D eigenvalue weighted by molar-refractivity contribution is 5.92. The van der Waals surface area contributed by atoms with E-state index in [-0.39, 0.29) is 24.2 Å². The molecule has 0 aromatic heterocycles. The molecule has 0 atom stereocenters. The van der Waals surface area contributed by atoms with Crippen LogP contribution in [0, 0.1) is 11.6 Å². The van der Waals surface area contributed by atoms with Gasteiger partial charge in [-0.05, 0) is 56.5 Å². The average molecular weight is 471 g/mol. The Labute approximate surface area is 199 Å². The molecule has 1 heterocycles. The summed E-state index contributed by atoms with van der Waals surface area (Å²) in [5, 5.41) is 5.60. The van der Waals surface area contributed by atoms with E-state index in [9.17, 15) is 18.4 Å². The number of hydrogen-bond acceptors (Lipinski definition) is 3. The van der Waals surface area contributed by atoms with Crippen LogP contribution in [0.1, 0.15) is 38.3 Å². The van der Waals surface area contributed by atoms with Crippen molar-refractivity contribution >= 4 is 23.2 Å². The molecule has 3 rings (SSSR count). The summed E-state index contributed by atoms with van der Waals surface area (Å²) in [6, 6.07) is 10.8.